The zero-order valence-electron chi connectivity index (χ0n) is 9.44. The molecule has 0 aromatic carbocycles. The molecular weight excluding hydrogens is 224 g/mol. The predicted molar refractivity (Wildman–Crippen MR) is 65.1 cm³/mol. The molecule has 0 radical (unpaired) electrons. The summed E-state index contributed by atoms with van der Waals surface area (Å²) < 4.78 is 0. The van der Waals surface area contributed by atoms with Crippen molar-refractivity contribution >= 4 is 16.5 Å². The van der Waals surface area contributed by atoms with Crippen LogP contribution in [0.25, 0.3) is 0 Å². The van der Waals surface area contributed by atoms with Crippen LogP contribution in [-0.4, -0.2) is 33.7 Å². The molecule has 1 saturated heterocycles. The van der Waals surface area contributed by atoms with Crippen LogP contribution in [0.2, 0.25) is 0 Å². The third kappa shape index (κ3) is 2.91. The summed E-state index contributed by atoms with van der Waals surface area (Å²) in [6.07, 6.45) is 3.78. The molecule has 6 heteroatoms. The summed E-state index contributed by atoms with van der Waals surface area (Å²) >= 11 is 1.56. The maximum atomic E-state index is 9.99. The summed E-state index contributed by atoms with van der Waals surface area (Å²) in [4.78, 5) is 7.56. The molecule has 16 heavy (non-hydrogen) atoms. The van der Waals surface area contributed by atoms with Crippen molar-refractivity contribution in [1.82, 2.24) is 9.88 Å². The molecule has 1 unspecified atom stereocenters. The van der Waals surface area contributed by atoms with Crippen LogP contribution >= 0.6 is 11.3 Å². The van der Waals surface area contributed by atoms with Crippen LogP contribution in [0.5, 0.6) is 0 Å². The van der Waals surface area contributed by atoms with Gasteiger partial charge in [0.1, 0.15) is 0 Å². The number of nitrogen functional groups attached to an aromatic ring is 1. The van der Waals surface area contributed by atoms with Gasteiger partial charge in [0.05, 0.1) is 5.60 Å². The molecule has 1 aliphatic heterocycles. The number of β-amino-alcohol motifs (C(OH)–C–C–N with tert-alkyl or cyclic N) is 1. The van der Waals surface area contributed by atoms with E-state index in [1.54, 1.807) is 11.3 Å². The lowest BCUT2D eigenvalue weighted by molar-refractivity contribution is -0.0178. The Morgan fingerprint density at radius 1 is 1.75 bits per heavy atom. The van der Waals surface area contributed by atoms with Gasteiger partial charge in [-0.05, 0) is 26.3 Å². The van der Waals surface area contributed by atoms with Gasteiger partial charge in [-0.15, -0.1) is 0 Å². The third-order valence-corrected chi connectivity index (χ3v) is 3.72. The molecule has 0 aliphatic carbocycles. The molecule has 0 saturated carbocycles. The summed E-state index contributed by atoms with van der Waals surface area (Å²) in [7, 11) is 0. The standard InChI is InChI=1S/C10H18N4OS/c1-10(15)3-2-4-14(7-10)6-8-5-12-9(13-11)16-8/h5,15H,2-4,6-7,11H2,1H3,(H,12,13). The SMILES string of the molecule is CC1(O)CCCN(Cc2cnc(NN)s2)C1. The molecule has 5 nitrogen and oxygen atoms in total. The van der Waals surface area contributed by atoms with Crippen molar-refractivity contribution in [2.75, 3.05) is 18.5 Å². The second kappa shape index (κ2) is 4.67. The first-order valence-electron chi connectivity index (χ1n) is 5.45. The zero-order valence-corrected chi connectivity index (χ0v) is 10.3. The van der Waals surface area contributed by atoms with Gasteiger partial charge in [0.25, 0.3) is 0 Å². The Kier molecular flexibility index (Phi) is 3.44. The van der Waals surface area contributed by atoms with E-state index in [0.717, 1.165) is 37.6 Å². The van der Waals surface area contributed by atoms with Crippen LogP contribution in [0.15, 0.2) is 6.20 Å². The number of aromatic nitrogens is 1. The van der Waals surface area contributed by atoms with Crippen molar-refractivity contribution < 1.29 is 5.11 Å². The van der Waals surface area contributed by atoms with Gasteiger partial charge in [0.2, 0.25) is 0 Å². The number of aliphatic hydroxyl groups is 1. The lowest BCUT2D eigenvalue weighted by Gasteiger charge is -2.36. The Balaban J connectivity index is 1.94. The van der Waals surface area contributed by atoms with E-state index in [-0.39, 0.29) is 0 Å². The molecule has 1 aliphatic rings. The van der Waals surface area contributed by atoms with Crippen molar-refractivity contribution in [2.24, 2.45) is 5.84 Å². The van der Waals surface area contributed by atoms with Crippen molar-refractivity contribution in [1.29, 1.82) is 0 Å². The van der Waals surface area contributed by atoms with Gasteiger partial charge < -0.3 is 5.11 Å². The van der Waals surface area contributed by atoms with Gasteiger partial charge in [0, 0.05) is 24.2 Å². The summed E-state index contributed by atoms with van der Waals surface area (Å²) in [5, 5.41) is 10.7. The molecule has 90 valence electrons. The maximum absolute atomic E-state index is 9.99. The molecule has 0 spiro atoms. The highest BCUT2D eigenvalue weighted by Gasteiger charge is 2.28. The number of hydrogen-bond donors (Lipinski definition) is 3. The monoisotopic (exact) mass is 242 g/mol. The molecule has 0 amide bonds. The summed E-state index contributed by atoms with van der Waals surface area (Å²) in [6, 6.07) is 0. The first-order valence-corrected chi connectivity index (χ1v) is 6.27. The molecule has 2 rings (SSSR count). The number of hydrogen-bond acceptors (Lipinski definition) is 6. The van der Waals surface area contributed by atoms with E-state index >= 15 is 0 Å². The number of nitrogens with two attached hydrogens (primary N) is 1. The zero-order chi connectivity index (χ0) is 11.6. The second-order valence-corrected chi connectivity index (χ2v) is 5.70. The fraction of sp³-hybridized carbons (Fsp3) is 0.700. The number of rotatable bonds is 3. The van der Waals surface area contributed by atoms with Crippen molar-refractivity contribution in [3.63, 3.8) is 0 Å². The number of likely N-dealkylation sites (tertiary alicyclic amines) is 1. The summed E-state index contributed by atoms with van der Waals surface area (Å²) in [6.45, 7) is 4.52. The minimum absolute atomic E-state index is 0.544. The maximum Gasteiger partial charge on any atom is 0.197 e. The minimum atomic E-state index is -0.544. The van der Waals surface area contributed by atoms with Crippen molar-refractivity contribution in [2.45, 2.75) is 31.9 Å². The number of anilines is 1. The number of nitrogens with zero attached hydrogens (tertiary/aromatic N) is 2. The molecule has 0 bridgehead atoms. The number of piperidine rings is 1. The fourth-order valence-corrected chi connectivity index (χ4v) is 2.89. The first kappa shape index (κ1) is 11.8. The topological polar surface area (TPSA) is 74.4 Å². The van der Waals surface area contributed by atoms with E-state index in [2.05, 4.69) is 15.3 Å². The molecular formula is C10H18N4OS. The van der Waals surface area contributed by atoms with Gasteiger partial charge in [0.15, 0.2) is 5.13 Å². The van der Waals surface area contributed by atoms with E-state index < -0.39 is 5.60 Å². The van der Waals surface area contributed by atoms with Gasteiger partial charge >= 0.3 is 0 Å². The summed E-state index contributed by atoms with van der Waals surface area (Å²) in [5.41, 5.74) is 2.00. The molecule has 1 aromatic heterocycles. The normalized spacial score (nSPS) is 26.9. The van der Waals surface area contributed by atoms with Crippen LogP contribution in [0.4, 0.5) is 5.13 Å². The average molecular weight is 242 g/mol. The van der Waals surface area contributed by atoms with Crippen molar-refractivity contribution in [3.05, 3.63) is 11.1 Å². The Morgan fingerprint density at radius 3 is 3.19 bits per heavy atom. The fourth-order valence-electron chi connectivity index (χ4n) is 2.13. The Bertz CT molecular complexity index is 352. The lowest BCUT2D eigenvalue weighted by Crippen LogP contribution is -2.45. The van der Waals surface area contributed by atoms with E-state index in [1.807, 2.05) is 13.1 Å². The summed E-state index contributed by atoms with van der Waals surface area (Å²) in [5.74, 6) is 5.28. The van der Waals surface area contributed by atoms with Gasteiger partial charge in [-0.25, -0.2) is 10.8 Å². The predicted octanol–water partition coefficient (Wildman–Crippen LogP) is 0.775. The van der Waals surface area contributed by atoms with E-state index in [4.69, 9.17) is 5.84 Å². The quantitative estimate of drug-likeness (QED) is 0.539. The number of nitrogens with one attached hydrogen (secondary N) is 1. The molecule has 1 atom stereocenters. The lowest BCUT2D eigenvalue weighted by atomic mass is 9.95. The van der Waals surface area contributed by atoms with Gasteiger partial charge in [-0.2, -0.15) is 0 Å². The number of thiazole rings is 1. The highest BCUT2D eigenvalue weighted by Crippen LogP contribution is 2.24. The molecule has 1 fully saturated rings. The highest BCUT2D eigenvalue weighted by atomic mass is 32.1. The largest absolute Gasteiger partial charge is 0.389 e. The van der Waals surface area contributed by atoms with Crippen molar-refractivity contribution in [3.8, 4) is 0 Å². The van der Waals surface area contributed by atoms with E-state index in [9.17, 15) is 5.11 Å². The molecule has 4 N–H and O–H groups in total. The Labute approximate surface area is 99.3 Å². The highest BCUT2D eigenvalue weighted by molar-refractivity contribution is 7.15. The minimum Gasteiger partial charge on any atom is -0.389 e. The van der Waals surface area contributed by atoms with E-state index in [0.29, 0.717) is 0 Å². The Hall–Kier alpha value is -0.690. The van der Waals surface area contributed by atoms with E-state index in [1.165, 1.54) is 4.88 Å². The number of hydrazine groups is 1. The smallest absolute Gasteiger partial charge is 0.197 e. The van der Waals surface area contributed by atoms with Gasteiger partial charge in [-0.3, -0.25) is 10.3 Å². The Morgan fingerprint density at radius 2 is 2.56 bits per heavy atom. The average Bonchev–Trinajstić information content (AvgIpc) is 2.64. The van der Waals surface area contributed by atoms with Crippen LogP contribution in [0, 0.1) is 0 Å². The third-order valence-electron chi connectivity index (χ3n) is 2.81. The van der Waals surface area contributed by atoms with Gasteiger partial charge in [-0.1, -0.05) is 11.3 Å². The molecule has 2 heterocycles. The van der Waals surface area contributed by atoms with Crippen LogP contribution < -0.4 is 11.3 Å². The first-order chi connectivity index (χ1) is 7.59. The van der Waals surface area contributed by atoms with Crippen LogP contribution in [0.3, 0.4) is 0 Å². The second-order valence-electron chi connectivity index (χ2n) is 4.59. The van der Waals surface area contributed by atoms with Crippen LogP contribution in [-0.2, 0) is 6.54 Å². The molecule has 1 aromatic rings. The van der Waals surface area contributed by atoms with Crippen LogP contribution in [0.1, 0.15) is 24.6 Å².